The number of aryl methyl sites for hydroxylation is 1. The van der Waals surface area contributed by atoms with Crippen molar-refractivity contribution in [1.82, 2.24) is 9.47 Å². The maximum Gasteiger partial charge on any atom is 0.176 e. The van der Waals surface area contributed by atoms with Crippen LogP contribution in [0.3, 0.4) is 0 Å². The number of hydrogen-bond donors (Lipinski definition) is 0. The Labute approximate surface area is 142 Å². The molecule has 0 saturated carbocycles. The molecule has 1 aromatic carbocycles. The third-order valence-corrected chi connectivity index (χ3v) is 4.63. The number of halogens is 1. The first kappa shape index (κ1) is 16.7. The summed E-state index contributed by atoms with van der Waals surface area (Å²) >= 11 is 0. The van der Waals surface area contributed by atoms with Gasteiger partial charge in [0.1, 0.15) is 5.82 Å². The Balaban J connectivity index is 1.43. The van der Waals surface area contributed by atoms with Gasteiger partial charge < -0.3 is 9.47 Å². The molecule has 1 aliphatic heterocycles. The van der Waals surface area contributed by atoms with Crippen LogP contribution in [0.4, 0.5) is 10.1 Å². The number of carbonyl (C=O) groups excluding carboxylic acids is 1. The van der Waals surface area contributed by atoms with Crippen molar-refractivity contribution in [3.63, 3.8) is 0 Å². The minimum Gasteiger partial charge on any atom is -0.369 e. The topological polar surface area (TPSA) is 28.5 Å². The highest BCUT2D eigenvalue weighted by Crippen LogP contribution is 2.17. The monoisotopic (exact) mass is 329 g/mol. The number of hydrogen-bond acceptors (Lipinski definition) is 3. The molecule has 3 rings (SSSR count). The van der Waals surface area contributed by atoms with Gasteiger partial charge in [0.2, 0.25) is 0 Å². The molecular weight excluding hydrogens is 305 g/mol. The zero-order valence-electron chi connectivity index (χ0n) is 14.1. The first-order chi connectivity index (χ1) is 11.6. The number of Topliss-reactive ketones (excluding diaryl/α,β-unsaturated/α-hetero) is 1. The van der Waals surface area contributed by atoms with E-state index in [0.717, 1.165) is 57.1 Å². The smallest absolute Gasteiger partial charge is 0.176 e. The summed E-state index contributed by atoms with van der Waals surface area (Å²) in [6.07, 6.45) is 3.01. The van der Waals surface area contributed by atoms with Crippen LogP contribution in [-0.2, 0) is 6.54 Å². The average Bonchev–Trinajstić information content (AvgIpc) is 3.05. The first-order valence-electron chi connectivity index (χ1n) is 8.52. The highest BCUT2D eigenvalue weighted by molar-refractivity contribution is 5.92. The summed E-state index contributed by atoms with van der Waals surface area (Å²) in [4.78, 5) is 16.3. The summed E-state index contributed by atoms with van der Waals surface area (Å²) < 4.78 is 15.0. The number of ketones is 1. The van der Waals surface area contributed by atoms with Gasteiger partial charge in [0.25, 0.3) is 0 Å². The van der Waals surface area contributed by atoms with Gasteiger partial charge in [-0.05, 0) is 49.4 Å². The standard InChI is InChI=1S/C19H24FN3O/c1-16(24)19-4-2-10-23(19)11-3-9-21-12-14-22(15-13-21)18-7-5-17(20)6-8-18/h2,4-8,10H,3,9,11-15H2,1H3. The molecule has 1 aromatic heterocycles. The molecule has 2 aromatic rings. The fourth-order valence-corrected chi connectivity index (χ4v) is 3.27. The van der Waals surface area contributed by atoms with Gasteiger partial charge in [-0.3, -0.25) is 9.69 Å². The molecule has 0 bridgehead atoms. The molecule has 1 fully saturated rings. The third kappa shape index (κ3) is 4.03. The molecule has 5 heteroatoms. The summed E-state index contributed by atoms with van der Waals surface area (Å²) in [5, 5.41) is 0. The van der Waals surface area contributed by atoms with Crippen molar-refractivity contribution in [3.8, 4) is 0 Å². The molecule has 0 radical (unpaired) electrons. The molecule has 0 aliphatic carbocycles. The molecule has 0 unspecified atom stereocenters. The lowest BCUT2D eigenvalue weighted by Gasteiger charge is -2.36. The Morgan fingerprint density at radius 2 is 1.75 bits per heavy atom. The second-order valence-electron chi connectivity index (χ2n) is 6.30. The van der Waals surface area contributed by atoms with Crippen LogP contribution in [-0.4, -0.2) is 48.0 Å². The molecule has 0 N–H and O–H groups in total. The first-order valence-corrected chi connectivity index (χ1v) is 8.52. The van der Waals surface area contributed by atoms with E-state index in [-0.39, 0.29) is 11.6 Å². The largest absolute Gasteiger partial charge is 0.369 e. The van der Waals surface area contributed by atoms with E-state index in [1.807, 2.05) is 35.0 Å². The van der Waals surface area contributed by atoms with Crippen LogP contribution in [0.5, 0.6) is 0 Å². The average molecular weight is 329 g/mol. The lowest BCUT2D eigenvalue weighted by Crippen LogP contribution is -2.46. The van der Waals surface area contributed by atoms with Crippen LogP contribution in [0.2, 0.25) is 0 Å². The summed E-state index contributed by atoms with van der Waals surface area (Å²) in [6, 6.07) is 10.5. The van der Waals surface area contributed by atoms with Gasteiger partial charge in [-0.2, -0.15) is 0 Å². The number of piperazine rings is 1. The van der Waals surface area contributed by atoms with E-state index in [1.165, 1.54) is 12.1 Å². The van der Waals surface area contributed by atoms with Crippen molar-refractivity contribution in [2.75, 3.05) is 37.6 Å². The molecule has 1 saturated heterocycles. The number of carbonyl (C=O) groups is 1. The highest BCUT2D eigenvalue weighted by atomic mass is 19.1. The van der Waals surface area contributed by atoms with Crippen LogP contribution in [0.25, 0.3) is 0 Å². The maximum atomic E-state index is 13.0. The number of nitrogens with zero attached hydrogens (tertiary/aromatic N) is 3. The zero-order chi connectivity index (χ0) is 16.9. The summed E-state index contributed by atoms with van der Waals surface area (Å²) in [7, 11) is 0. The molecular formula is C19H24FN3O. The van der Waals surface area contributed by atoms with Crippen molar-refractivity contribution >= 4 is 11.5 Å². The Kier molecular flexibility index (Phi) is 5.30. The van der Waals surface area contributed by atoms with E-state index >= 15 is 0 Å². The van der Waals surface area contributed by atoms with Gasteiger partial charge in [-0.15, -0.1) is 0 Å². The van der Waals surface area contributed by atoms with Crippen molar-refractivity contribution < 1.29 is 9.18 Å². The van der Waals surface area contributed by atoms with Gasteiger partial charge in [-0.1, -0.05) is 0 Å². The van der Waals surface area contributed by atoms with E-state index in [2.05, 4.69) is 9.80 Å². The SMILES string of the molecule is CC(=O)c1cccn1CCCN1CCN(c2ccc(F)cc2)CC1. The second kappa shape index (κ2) is 7.62. The van der Waals surface area contributed by atoms with Crippen LogP contribution in [0.15, 0.2) is 42.6 Å². The Morgan fingerprint density at radius 3 is 2.42 bits per heavy atom. The molecule has 0 atom stereocenters. The quantitative estimate of drug-likeness (QED) is 0.763. The predicted molar refractivity (Wildman–Crippen MR) is 94.1 cm³/mol. The van der Waals surface area contributed by atoms with Crippen LogP contribution in [0.1, 0.15) is 23.8 Å². The van der Waals surface area contributed by atoms with E-state index in [4.69, 9.17) is 0 Å². The number of aromatic nitrogens is 1. The van der Waals surface area contributed by atoms with Gasteiger partial charge in [0.05, 0.1) is 5.69 Å². The normalized spacial score (nSPS) is 15.7. The molecule has 2 heterocycles. The van der Waals surface area contributed by atoms with Gasteiger partial charge in [0, 0.05) is 51.5 Å². The Hall–Kier alpha value is -2.14. The number of benzene rings is 1. The molecule has 4 nitrogen and oxygen atoms in total. The molecule has 0 spiro atoms. The third-order valence-electron chi connectivity index (χ3n) is 4.63. The van der Waals surface area contributed by atoms with E-state index in [0.29, 0.717) is 0 Å². The van der Waals surface area contributed by atoms with Crippen molar-refractivity contribution in [2.45, 2.75) is 19.9 Å². The summed E-state index contributed by atoms with van der Waals surface area (Å²) in [5.41, 5.74) is 1.88. The van der Waals surface area contributed by atoms with E-state index in [9.17, 15) is 9.18 Å². The summed E-state index contributed by atoms with van der Waals surface area (Å²) in [6.45, 7) is 7.49. The molecule has 1 aliphatic rings. The number of rotatable bonds is 6. The maximum absolute atomic E-state index is 13.0. The van der Waals surface area contributed by atoms with E-state index in [1.54, 1.807) is 6.92 Å². The lowest BCUT2D eigenvalue weighted by molar-refractivity contribution is 0.100. The molecule has 24 heavy (non-hydrogen) atoms. The fourth-order valence-electron chi connectivity index (χ4n) is 3.27. The molecule has 128 valence electrons. The van der Waals surface area contributed by atoms with Crippen molar-refractivity contribution in [1.29, 1.82) is 0 Å². The summed E-state index contributed by atoms with van der Waals surface area (Å²) in [5.74, 6) is -0.0692. The second-order valence-corrected chi connectivity index (χ2v) is 6.30. The van der Waals surface area contributed by atoms with Gasteiger partial charge in [-0.25, -0.2) is 4.39 Å². The van der Waals surface area contributed by atoms with Crippen molar-refractivity contribution in [2.24, 2.45) is 0 Å². The Bertz CT molecular complexity index is 672. The van der Waals surface area contributed by atoms with Gasteiger partial charge in [0.15, 0.2) is 5.78 Å². The minimum absolute atomic E-state index is 0.118. The predicted octanol–water partition coefficient (Wildman–Crippen LogP) is 3.04. The van der Waals surface area contributed by atoms with Crippen LogP contribution in [0, 0.1) is 5.82 Å². The fraction of sp³-hybridized carbons (Fsp3) is 0.421. The van der Waals surface area contributed by atoms with E-state index < -0.39 is 0 Å². The highest BCUT2D eigenvalue weighted by Gasteiger charge is 2.17. The zero-order valence-corrected chi connectivity index (χ0v) is 14.1. The van der Waals surface area contributed by atoms with Crippen LogP contribution >= 0.6 is 0 Å². The minimum atomic E-state index is -0.188. The van der Waals surface area contributed by atoms with Crippen molar-refractivity contribution in [3.05, 3.63) is 54.1 Å². The number of anilines is 1. The molecule has 0 amide bonds. The lowest BCUT2D eigenvalue weighted by atomic mass is 10.2. The van der Waals surface area contributed by atoms with Crippen LogP contribution < -0.4 is 4.90 Å². The Morgan fingerprint density at radius 1 is 1.04 bits per heavy atom. The van der Waals surface area contributed by atoms with Gasteiger partial charge >= 0.3 is 0 Å².